The lowest BCUT2D eigenvalue weighted by Crippen LogP contribution is -2.66. The van der Waals surface area contributed by atoms with Gasteiger partial charge in [0.05, 0.1) is 0 Å². The van der Waals surface area contributed by atoms with E-state index >= 15 is 0 Å². The molecule has 0 aromatic heterocycles. The zero-order chi connectivity index (χ0) is 13.6. The Morgan fingerprint density at radius 1 is 1.37 bits per heavy atom. The van der Waals surface area contributed by atoms with Crippen LogP contribution in [0.2, 0.25) is 0 Å². The number of carbonyl (C=O) groups is 1. The summed E-state index contributed by atoms with van der Waals surface area (Å²) in [6.07, 6.45) is 0.919. The standard InChI is InChI=1S/C15H19N3O/c1-10-8-15(11(10)2)13(16)17-14(19)18(15)9-12-6-4-3-5-7-12/h3-7,10-11H,8-9H2,1-2H3,(H2,16,17,19). The van der Waals surface area contributed by atoms with Gasteiger partial charge in [0.15, 0.2) is 0 Å². The summed E-state index contributed by atoms with van der Waals surface area (Å²) in [5.41, 5.74) is 6.83. The summed E-state index contributed by atoms with van der Waals surface area (Å²) in [5.74, 6) is 1.45. The highest BCUT2D eigenvalue weighted by molar-refractivity contribution is 6.06. The summed E-state index contributed by atoms with van der Waals surface area (Å²) >= 11 is 0. The van der Waals surface area contributed by atoms with Gasteiger partial charge in [-0.1, -0.05) is 44.2 Å². The van der Waals surface area contributed by atoms with E-state index in [-0.39, 0.29) is 11.6 Å². The Hall–Kier alpha value is -1.84. The van der Waals surface area contributed by atoms with Crippen molar-refractivity contribution in [2.75, 3.05) is 0 Å². The number of benzene rings is 1. The molecule has 1 fully saturated rings. The summed E-state index contributed by atoms with van der Waals surface area (Å²) in [7, 11) is 0. The molecule has 4 heteroatoms. The van der Waals surface area contributed by atoms with Crippen LogP contribution in [0.4, 0.5) is 4.79 Å². The lowest BCUT2D eigenvalue weighted by Gasteiger charge is -2.54. The molecule has 2 aliphatic rings. The molecule has 1 saturated carbocycles. The van der Waals surface area contributed by atoms with Crippen LogP contribution in [0.1, 0.15) is 25.8 Å². The largest absolute Gasteiger partial charge is 0.385 e. The molecule has 1 aromatic rings. The molecule has 3 atom stereocenters. The summed E-state index contributed by atoms with van der Waals surface area (Å²) < 4.78 is 0. The summed E-state index contributed by atoms with van der Waals surface area (Å²) in [4.78, 5) is 18.0. The third-order valence-corrected chi connectivity index (χ3v) is 4.80. The van der Waals surface area contributed by atoms with Gasteiger partial charge in [0.1, 0.15) is 11.4 Å². The van der Waals surface area contributed by atoms with E-state index in [0.29, 0.717) is 24.2 Å². The number of rotatable bonds is 2. The summed E-state index contributed by atoms with van der Waals surface area (Å²) in [5, 5.41) is 0. The van der Waals surface area contributed by atoms with Gasteiger partial charge in [0.25, 0.3) is 0 Å². The third kappa shape index (κ3) is 1.59. The van der Waals surface area contributed by atoms with E-state index in [1.165, 1.54) is 0 Å². The van der Waals surface area contributed by atoms with Gasteiger partial charge in [-0.15, -0.1) is 0 Å². The number of urea groups is 1. The Morgan fingerprint density at radius 2 is 2.05 bits per heavy atom. The Balaban J connectivity index is 1.90. The van der Waals surface area contributed by atoms with Crippen LogP contribution in [0.15, 0.2) is 35.3 Å². The molecule has 19 heavy (non-hydrogen) atoms. The second kappa shape index (κ2) is 4.08. The Kier molecular flexibility index (Phi) is 2.62. The molecule has 2 amide bonds. The van der Waals surface area contributed by atoms with E-state index in [0.717, 1.165) is 12.0 Å². The maximum atomic E-state index is 12.1. The van der Waals surface area contributed by atoms with Crippen molar-refractivity contribution in [3.8, 4) is 0 Å². The van der Waals surface area contributed by atoms with Crippen LogP contribution in [0.25, 0.3) is 0 Å². The first-order chi connectivity index (χ1) is 9.05. The van der Waals surface area contributed by atoms with Crippen molar-refractivity contribution in [3.63, 3.8) is 0 Å². The Morgan fingerprint density at radius 3 is 2.63 bits per heavy atom. The molecule has 1 aromatic carbocycles. The number of aliphatic imine (C=N–C) groups is 1. The van der Waals surface area contributed by atoms with E-state index in [4.69, 9.17) is 5.73 Å². The zero-order valence-electron chi connectivity index (χ0n) is 11.3. The van der Waals surface area contributed by atoms with Gasteiger partial charge >= 0.3 is 6.03 Å². The molecule has 0 bridgehead atoms. The first-order valence-electron chi connectivity index (χ1n) is 6.76. The topological polar surface area (TPSA) is 58.7 Å². The van der Waals surface area contributed by atoms with Crippen LogP contribution >= 0.6 is 0 Å². The highest BCUT2D eigenvalue weighted by Gasteiger charge is 2.60. The van der Waals surface area contributed by atoms with Crippen molar-refractivity contribution in [1.82, 2.24) is 4.90 Å². The average molecular weight is 257 g/mol. The molecule has 1 aliphatic heterocycles. The number of hydrogen-bond donors (Lipinski definition) is 1. The second-order valence-corrected chi connectivity index (χ2v) is 5.75. The predicted octanol–water partition coefficient (Wildman–Crippen LogP) is 2.39. The van der Waals surface area contributed by atoms with Crippen LogP contribution < -0.4 is 5.73 Å². The maximum absolute atomic E-state index is 12.1. The molecule has 4 nitrogen and oxygen atoms in total. The lowest BCUT2D eigenvalue weighted by molar-refractivity contribution is 0.00568. The molecule has 0 radical (unpaired) electrons. The van der Waals surface area contributed by atoms with E-state index < -0.39 is 0 Å². The van der Waals surface area contributed by atoms with Gasteiger partial charge in [-0.3, -0.25) is 0 Å². The Bertz CT molecular complexity index is 540. The van der Waals surface area contributed by atoms with Gasteiger partial charge < -0.3 is 10.6 Å². The number of carbonyl (C=O) groups excluding carboxylic acids is 1. The number of amides is 2. The van der Waals surface area contributed by atoms with E-state index in [2.05, 4.69) is 18.8 Å². The van der Waals surface area contributed by atoms with Crippen LogP contribution in [-0.2, 0) is 6.54 Å². The van der Waals surface area contributed by atoms with E-state index in [1.807, 2.05) is 35.2 Å². The van der Waals surface area contributed by atoms with Crippen LogP contribution in [0, 0.1) is 11.8 Å². The fourth-order valence-electron chi connectivity index (χ4n) is 3.40. The zero-order valence-corrected chi connectivity index (χ0v) is 11.3. The summed E-state index contributed by atoms with van der Waals surface area (Å²) in [6.45, 7) is 4.95. The van der Waals surface area contributed by atoms with Crippen molar-refractivity contribution in [2.45, 2.75) is 32.4 Å². The highest BCUT2D eigenvalue weighted by atomic mass is 16.2. The molecule has 3 unspecified atom stereocenters. The van der Waals surface area contributed by atoms with Crippen molar-refractivity contribution in [2.24, 2.45) is 22.6 Å². The number of nitrogens with two attached hydrogens (primary N) is 1. The molecule has 1 heterocycles. The fraction of sp³-hybridized carbons (Fsp3) is 0.467. The SMILES string of the molecule is CC1CC2(C(N)=NC(=O)N2Cc2ccccc2)C1C. The normalized spacial score (nSPS) is 33.5. The van der Waals surface area contributed by atoms with Gasteiger partial charge in [-0.2, -0.15) is 4.99 Å². The minimum absolute atomic E-state index is 0.194. The number of hydrogen-bond acceptors (Lipinski definition) is 2. The first-order valence-corrected chi connectivity index (χ1v) is 6.76. The summed E-state index contributed by atoms with van der Waals surface area (Å²) in [6, 6.07) is 9.81. The van der Waals surface area contributed by atoms with Gasteiger partial charge in [-0.05, 0) is 23.8 Å². The first kappa shape index (κ1) is 12.2. The monoisotopic (exact) mass is 257 g/mol. The number of amidine groups is 1. The fourth-order valence-corrected chi connectivity index (χ4v) is 3.40. The molecule has 100 valence electrons. The van der Waals surface area contributed by atoms with Crippen molar-refractivity contribution in [3.05, 3.63) is 35.9 Å². The lowest BCUT2D eigenvalue weighted by atomic mass is 9.59. The van der Waals surface area contributed by atoms with E-state index in [1.54, 1.807) is 0 Å². The molecule has 1 spiro atoms. The van der Waals surface area contributed by atoms with Gasteiger partial charge in [-0.25, -0.2) is 4.79 Å². The minimum Gasteiger partial charge on any atom is -0.385 e. The van der Waals surface area contributed by atoms with E-state index in [9.17, 15) is 4.79 Å². The molecule has 1 aliphatic carbocycles. The Labute approximate surface area is 113 Å². The van der Waals surface area contributed by atoms with Crippen LogP contribution in [-0.4, -0.2) is 22.3 Å². The van der Waals surface area contributed by atoms with Crippen molar-refractivity contribution in [1.29, 1.82) is 0 Å². The van der Waals surface area contributed by atoms with Crippen LogP contribution in [0.5, 0.6) is 0 Å². The predicted molar refractivity (Wildman–Crippen MR) is 74.7 cm³/mol. The number of nitrogens with zero attached hydrogens (tertiary/aromatic N) is 2. The maximum Gasteiger partial charge on any atom is 0.346 e. The van der Waals surface area contributed by atoms with Crippen molar-refractivity contribution < 1.29 is 4.79 Å². The van der Waals surface area contributed by atoms with Crippen molar-refractivity contribution >= 4 is 11.9 Å². The molecule has 2 N–H and O–H groups in total. The average Bonchev–Trinajstić information content (AvgIpc) is 2.65. The third-order valence-electron chi connectivity index (χ3n) is 4.80. The van der Waals surface area contributed by atoms with Crippen LogP contribution in [0.3, 0.4) is 0 Å². The smallest absolute Gasteiger partial charge is 0.346 e. The molecular weight excluding hydrogens is 238 g/mol. The highest BCUT2D eigenvalue weighted by Crippen LogP contribution is 2.50. The molecule has 0 saturated heterocycles. The molecular formula is C15H19N3O. The molecule has 3 rings (SSSR count). The quantitative estimate of drug-likeness (QED) is 0.884. The minimum atomic E-state index is -0.341. The van der Waals surface area contributed by atoms with Gasteiger partial charge in [0.2, 0.25) is 0 Å². The second-order valence-electron chi connectivity index (χ2n) is 5.75. The van der Waals surface area contributed by atoms with Gasteiger partial charge in [0, 0.05) is 6.54 Å².